The van der Waals surface area contributed by atoms with Crippen LogP contribution in [-0.2, 0) is 13.6 Å². The van der Waals surface area contributed by atoms with Crippen molar-refractivity contribution >= 4 is 31.8 Å². The van der Waals surface area contributed by atoms with Crippen LogP contribution in [-0.4, -0.2) is 43.3 Å². The van der Waals surface area contributed by atoms with E-state index in [9.17, 15) is 0 Å². The molecule has 0 atom stereocenters. The Morgan fingerprint density at radius 3 is 1.77 bits per heavy atom. The van der Waals surface area contributed by atoms with Gasteiger partial charge in [0.2, 0.25) is 0 Å². The number of aliphatic hydroxyl groups excluding tert-OH is 1. The zero-order valence-electron chi connectivity index (χ0n) is 7.12. The van der Waals surface area contributed by atoms with Gasteiger partial charge in [0.15, 0.2) is 0 Å². The van der Waals surface area contributed by atoms with Crippen LogP contribution in [0.4, 0.5) is 0 Å². The largest absolute Gasteiger partial charge is 0.394 e. The van der Waals surface area contributed by atoms with Gasteiger partial charge in [-0.15, -0.1) is 23.2 Å². The van der Waals surface area contributed by atoms with Crippen LogP contribution in [0.1, 0.15) is 0 Å². The third-order valence-electron chi connectivity index (χ3n) is 0.836. The molecule has 0 aliphatic heterocycles. The van der Waals surface area contributed by atoms with Crippen molar-refractivity contribution in [1.82, 2.24) is 0 Å². The number of hydrogen-bond acceptors (Lipinski definition) is 4. The van der Waals surface area contributed by atoms with Gasteiger partial charge in [-0.25, -0.2) is 0 Å². The van der Waals surface area contributed by atoms with E-state index in [4.69, 9.17) is 41.9 Å². The molecule has 0 aromatic heterocycles. The zero-order chi connectivity index (χ0) is 9.94. The Labute approximate surface area is 89.1 Å². The average Bonchev–Trinajstić information content (AvgIpc) is 2.17. The van der Waals surface area contributed by atoms with Crippen LogP contribution in [0.25, 0.3) is 0 Å². The predicted octanol–water partition coefficient (Wildman–Crippen LogP) is 1.73. The molecule has 13 heavy (non-hydrogen) atoms. The molecule has 0 aromatic carbocycles. The maximum absolute atomic E-state index is 8.49. The first-order chi connectivity index (χ1) is 6.35. The minimum absolute atomic E-state index is 0.0622. The van der Waals surface area contributed by atoms with Gasteiger partial charge in [0, 0.05) is 11.8 Å². The fourth-order valence-electron chi connectivity index (χ4n) is 0.445. The first-order valence-corrected chi connectivity index (χ1v) is 5.93. The Morgan fingerprint density at radius 1 is 0.923 bits per heavy atom. The Bertz CT molecular complexity index is 89.6. The number of alkyl halides is 2. The molecule has 0 rings (SSSR count). The summed E-state index contributed by atoms with van der Waals surface area (Å²) in [5.74, 6) is 0.761. The average molecular weight is 251 g/mol. The summed E-state index contributed by atoms with van der Waals surface area (Å²) in [5.41, 5.74) is 0. The van der Waals surface area contributed by atoms with Crippen LogP contribution in [0.5, 0.6) is 0 Å². The Morgan fingerprint density at radius 2 is 1.38 bits per heavy atom. The second kappa shape index (κ2) is 10.9. The zero-order valence-corrected chi connectivity index (χ0v) is 9.52. The molecule has 4 nitrogen and oxygen atoms in total. The molecular weight excluding hydrogens is 238 g/mol. The highest BCUT2D eigenvalue weighted by Crippen LogP contribution is 2.39. The van der Waals surface area contributed by atoms with Gasteiger partial charge in [-0.1, -0.05) is 0 Å². The standard InChI is InChI=1S/C6H13Cl2O4P/c7-1-4-10-13(11-5-2-8)12-6-3-9/h9H,1-6H2. The van der Waals surface area contributed by atoms with Crippen molar-refractivity contribution in [3.05, 3.63) is 0 Å². The van der Waals surface area contributed by atoms with Crippen molar-refractivity contribution < 1.29 is 18.7 Å². The molecule has 0 aliphatic rings. The van der Waals surface area contributed by atoms with Crippen LogP contribution in [0.3, 0.4) is 0 Å². The first kappa shape index (κ1) is 13.8. The van der Waals surface area contributed by atoms with Gasteiger partial charge in [-0.2, -0.15) is 0 Å². The molecule has 0 saturated carbocycles. The van der Waals surface area contributed by atoms with Gasteiger partial charge in [-0.05, 0) is 0 Å². The fourth-order valence-corrected chi connectivity index (χ4v) is 1.75. The highest BCUT2D eigenvalue weighted by atomic mass is 35.5. The number of halogens is 2. The highest BCUT2D eigenvalue weighted by molar-refractivity contribution is 7.41. The maximum atomic E-state index is 8.49. The second-order valence-electron chi connectivity index (χ2n) is 1.82. The number of aliphatic hydroxyl groups is 1. The van der Waals surface area contributed by atoms with E-state index < -0.39 is 8.60 Å². The quantitative estimate of drug-likeness (QED) is 0.500. The Kier molecular flexibility index (Phi) is 11.6. The lowest BCUT2D eigenvalue weighted by Crippen LogP contribution is -2.02. The van der Waals surface area contributed by atoms with Crippen molar-refractivity contribution in [3.63, 3.8) is 0 Å². The highest BCUT2D eigenvalue weighted by Gasteiger charge is 2.11. The summed E-state index contributed by atoms with van der Waals surface area (Å²) < 4.78 is 15.3. The summed E-state index contributed by atoms with van der Waals surface area (Å²) in [6.07, 6.45) is 0. The van der Waals surface area contributed by atoms with Crippen molar-refractivity contribution in [2.45, 2.75) is 0 Å². The monoisotopic (exact) mass is 250 g/mol. The molecule has 0 aliphatic carbocycles. The van der Waals surface area contributed by atoms with Crippen molar-refractivity contribution in [2.75, 3.05) is 38.2 Å². The minimum Gasteiger partial charge on any atom is -0.394 e. The molecule has 0 heterocycles. The van der Waals surface area contributed by atoms with Crippen molar-refractivity contribution in [2.24, 2.45) is 0 Å². The summed E-state index contributed by atoms with van der Waals surface area (Å²) >= 11 is 10.8. The van der Waals surface area contributed by atoms with Crippen molar-refractivity contribution in [1.29, 1.82) is 0 Å². The van der Waals surface area contributed by atoms with Gasteiger partial charge in [0.05, 0.1) is 26.4 Å². The topological polar surface area (TPSA) is 47.9 Å². The van der Waals surface area contributed by atoms with Gasteiger partial charge in [0.25, 0.3) is 0 Å². The van der Waals surface area contributed by atoms with E-state index in [1.807, 2.05) is 0 Å². The Balaban J connectivity index is 3.47. The van der Waals surface area contributed by atoms with E-state index in [-0.39, 0.29) is 13.2 Å². The lowest BCUT2D eigenvalue weighted by molar-refractivity contribution is 0.141. The summed E-state index contributed by atoms with van der Waals surface area (Å²) in [5, 5.41) is 8.49. The minimum atomic E-state index is -1.41. The molecule has 0 amide bonds. The molecular formula is C6H13Cl2O4P. The van der Waals surface area contributed by atoms with Crippen LogP contribution in [0.2, 0.25) is 0 Å². The summed E-state index contributed by atoms with van der Waals surface area (Å²) in [6, 6.07) is 0. The fraction of sp³-hybridized carbons (Fsp3) is 1.00. The van der Waals surface area contributed by atoms with Crippen LogP contribution in [0, 0.1) is 0 Å². The molecule has 0 saturated heterocycles. The van der Waals surface area contributed by atoms with Crippen LogP contribution >= 0.6 is 31.8 Å². The Hall–Kier alpha value is 0.850. The summed E-state index contributed by atoms with van der Waals surface area (Å²) in [6.45, 7) is 0.853. The second-order valence-corrected chi connectivity index (χ2v) is 3.80. The van der Waals surface area contributed by atoms with E-state index in [0.717, 1.165) is 0 Å². The lowest BCUT2D eigenvalue weighted by atomic mass is 10.8. The smallest absolute Gasteiger partial charge is 0.332 e. The molecule has 0 bridgehead atoms. The van der Waals surface area contributed by atoms with Crippen LogP contribution in [0.15, 0.2) is 0 Å². The third kappa shape index (κ3) is 9.16. The summed E-state index contributed by atoms with van der Waals surface area (Å²) in [4.78, 5) is 0. The molecule has 0 unspecified atom stereocenters. The predicted molar refractivity (Wildman–Crippen MR) is 53.3 cm³/mol. The van der Waals surface area contributed by atoms with E-state index >= 15 is 0 Å². The molecule has 0 fully saturated rings. The normalized spacial score (nSPS) is 11.1. The molecule has 80 valence electrons. The molecule has 0 spiro atoms. The first-order valence-electron chi connectivity index (χ1n) is 3.76. The number of hydrogen-bond donors (Lipinski definition) is 1. The molecule has 1 N–H and O–H groups in total. The van der Waals surface area contributed by atoms with Gasteiger partial charge in [0.1, 0.15) is 0 Å². The maximum Gasteiger partial charge on any atom is 0.332 e. The molecule has 7 heteroatoms. The summed E-state index contributed by atoms with van der Waals surface area (Å²) in [7, 11) is -1.41. The number of rotatable bonds is 9. The SMILES string of the molecule is OCCOP(OCCCl)OCCCl. The molecule has 0 radical (unpaired) electrons. The van der Waals surface area contributed by atoms with Crippen LogP contribution < -0.4 is 0 Å². The van der Waals surface area contributed by atoms with E-state index in [1.165, 1.54) is 0 Å². The van der Waals surface area contributed by atoms with Gasteiger partial charge >= 0.3 is 8.60 Å². The molecule has 0 aromatic rings. The van der Waals surface area contributed by atoms with E-state index in [2.05, 4.69) is 0 Å². The van der Waals surface area contributed by atoms with E-state index in [1.54, 1.807) is 0 Å². The van der Waals surface area contributed by atoms with Crippen molar-refractivity contribution in [3.8, 4) is 0 Å². The van der Waals surface area contributed by atoms with Gasteiger partial charge in [-0.3, -0.25) is 0 Å². The lowest BCUT2D eigenvalue weighted by Gasteiger charge is -2.14. The third-order valence-corrected chi connectivity index (χ3v) is 2.32. The van der Waals surface area contributed by atoms with Gasteiger partial charge < -0.3 is 18.7 Å². The van der Waals surface area contributed by atoms with E-state index in [0.29, 0.717) is 25.0 Å².